The fourth-order valence-electron chi connectivity index (χ4n) is 2.25. The first kappa shape index (κ1) is 14.7. The van der Waals surface area contributed by atoms with Crippen molar-refractivity contribution in [3.8, 4) is 0 Å². The van der Waals surface area contributed by atoms with E-state index >= 15 is 0 Å². The zero-order valence-electron chi connectivity index (χ0n) is 11.1. The van der Waals surface area contributed by atoms with Crippen LogP contribution in [-0.4, -0.2) is 49.1 Å². The number of carboxylic acid groups (broad SMARTS) is 1. The number of nitrogens with zero attached hydrogens (tertiary/aromatic N) is 1. The maximum absolute atomic E-state index is 12.2. The van der Waals surface area contributed by atoms with E-state index in [0.29, 0.717) is 19.4 Å². The normalized spacial score (nSPS) is 22.8. The number of rotatable bonds is 6. The minimum Gasteiger partial charge on any atom is -0.481 e. The molecule has 1 aliphatic rings. The SMILES string of the molecule is CNCCCN(C)C(=O)[C@@H]1CC=CC[C@@H]1C(=O)O. The quantitative estimate of drug-likeness (QED) is 0.541. The van der Waals surface area contributed by atoms with Crippen LogP contribution in [0, 0.1) is 11.8 Å². The van der Waals surface area contributed by atoms with Crippen LogP contribution in [-0.2, 0) is 9.59 Å². The number of nitrogens with one attached hydrogen (secondary N) is 1. The largest absolute Gasteiger partial charge is 0.481 e. The zero-order chi connectivity index (χ0) is 13.5. The summed E-state index contributed by atoms with van der Waals surface area (Å²) in [6, 6.07) is 0. The van der Waals surface area contributed by atoms with Crippen LogP contribution in [0.1, 0.15) is 19.3 Å². The van der Waals surface area contributed by atoms with E-state index in [9.17, 15) is 9.59 Å². The highest BCUT2D eigenvalue weighted by Crippen LogP contribution is 2.27. The zero-order valence-corrected chi connectivity index (χ0v) is 11.1. The second-order valence-electron chi connectivity index (χ2n) is 4.71. The van der Waals surface area contributed by atoms with Crippen molar-refractivity contribution >= 4 is 11.9 Å². The second kappa shape index (κ2) is 7.16. The van der Waals surface area contributed by atoms with Gasteiger partial charge in [-0.1, -0.05) is 12.2 Å². The highest BCUT2D eigenvalue weighted by atomic mass is 16.4. The highest BCUT2D eigenvalue weighted by molar-refractivity contribution is 5.85. The summed E-state index contributed by atoms with van der Waals surface area (Å²) >= 11 is 0. The summed E-state index contributed by atoms with van der Waals surface area (Å²) in [4.78, 5) is 25.0. The molecule has 0 spiro atoms. The first-order valence-electron chi connectivity index (χ1n) is 6.35. The van der Waals surface area contributed by atoms with Gasteiger partial charge in [0, 0.05) is 13.6 Å². The number of carbonyl (C=O) groups is 2. The molecule has 0 aliphatic heterocycles. The summed E-state index contributed by atoms with van der Waals surface area (Å²) in [5.74, 6) is -1.91. The summed E-state index contributed by atoms with van der Waals surface area (Å²) in [5, 5.41) is 12.2. The number of carbonyl (C=O) groups excluding carboxylic acids is 1. The van der Waals surface area contributed by atoms with Gasteiger partial charge in [-0.3, -0.25) is 9.59 Å². The van der Waals surface area contributed by atoms with E-state index in [0.717, 1.165) is 13.0 Å². The molecule has 0 heterocycles. The van der Waals surface area contributed by atoms with Crippen molar-refractivity contribution in [2.45, 2.75) is 19.3 Å². The third-order valence-corrected chi connectivity index (χ3v) is 3.36. The molecule has 1 amide bonds. The molecule has 1 aliphatic carbocycles. The predicted octanol–water partition coefficient (Wildman–Crippen LogP) is 0.721. The summed E-state index contributed by atoms with van der Waals surface area (Å²) in [6.45, 7) is 1.51. The lowest BCUT2D eigenvalue weighted by molar-refractivity contribution is -0.150. The Morgan fingerprint density at radius 3 is 2.50 bits per heavy atom. The van der Waals surface area contributed by atoms with Crippen LogP contribution >= 0.6 is 0 Å². The first-order chi connectivity index (χ1) is 8.57. The number of aliphatic carboxylic acids is 1. The van der Waals surface area contributed by atoms with E-state index in [-0.39, 0.29) is 5.91 Å². The van der Waals surface area contributed by atoms with Gasteiger partial charge >= 0.3 is 5.97 Å². The van der Waals surface area contributed by atoms with Crippen LogP contribution in [0.25, 0.3) is 0 Å². The van der Waals surface area contributed by atoms with Crippen LogP contribution in [0.3, 0.4) is 0 Å². The molecule has 0 unspecified atom stereocenters. The van der Waals surface area contributed by atoms with E-state index < -0.39 is 17.8 Å². The lowest BCUT2D eigenvalue weighted by atomic mass is 9.82. The number of carboxylic acids is 1. The van der Waals surface area contributed by atoms with Gasteiger partial charge in [-0.05, 0) is 32.9 Å². The molecule has 2 N–H and O–H groups in total. The number of hydrogen-bond acceptors (Lipinski definition) is 3. The van der Waals surface area contributed by atoms with Crippen molar-refractivity contribution < 1.29 is 14.7 Å². The number of hydrogen-bond donors (Lipinski definition) is 2. The van der Waals surface area contributed by atoms with E-state index in [1.165, 1.54) is 0 Å². The van der Waals surface area contributed by atoms with Gasteiger partial charge in [-0.25, -0.2) is 0 Å². The van der Waals surface area contributed by atoms with E-state index in [4.69, 9.17) is 5.11 Å². The Bertz CT molecular complexity index is 328. The fraction of sp³-hybridized carbons (Fsp3) is 0.692. The molecule has 18 heavy (non-hydrogen) atoms. The van der Waals surface area contributed by atoms with E-state index in [2.05, 4.69) is 5.32 Å². The molecule has 0 aromatic rings. The van der Waals surface area contributed by atoms with Gasteiger partial charge in [0.1, 0.15) is 0 Å². The van der Waals surface area contributed by atoms with Crippen LogP contribution in [0.4, 0.5) is 0 Å². The molecule has 0 saturated heterocycles. The molecule has 0 saturated carbocycles. The van der Waals surface area contributed by atoms with Gasteiger partial charge in [0.25, 0.3) is 0 Å². The molecule has 0 fully saturated rings. The average molecular weight is 254 g/mol. The van der Waals surface area contributed by atoms with Crippen LogP contribution in [0.15, 0.2) is 12.2 Å². The van der Waals surface area contributed by atoms with Gasteiger partial charge in [-0.15, -0.1) is 0 Å². The molecule has 0 aromatic heterocycles. The Hall–Kier alpha value is -1.36. The maximum atomic E-state index is 12.2. The Balaban J connectivity index is 2.57. The summed E-state index contributed by atoms with van der Waals surface area (Å²) in [5.41, 5.74) is 0. The van der Waals surface area contributed by atoms with E-state index in [1.807, 2.05) is 19.2 Å². The minimum absolute atomic E-state index is 0.0529. The van der Waals surface area contributed by atoms with Crippen molar-refractivity contribution in [1.82, 2.24) is 10.2 Å². The van der Waals surface area contributed by atoms with Crippen molar-refractivity contribution in [2.75, 3.05) is 27.2 Å². The molecule has 5 heteroatoms. The van der Waals surface area contributed by atoms with Crippen LogP contribution in [0.5, 0.6) is 0 Å². The molecule has 0 aromatic carbocycles. The first-order valence-corrected chi connectivity index (χ1v) is 6.35. The number of amides is 1. The Morgan fingerprint density at radius 2 is 1.94 bits per heavy atom. The average Bonchev–Trinajstić information content (AvgIpc) is 2.38. The van der Waals surface area contributed by atoms with Crippen molar-refractivity contribution in [3.63, 3.8) is 0 Å². The minimum atomic E-state index is -0.874. The van der Waals surface area contributed by atoms with E-state index in [1.54, 1.807) is 11.9 Å². The molecule has 0 bridgehead atoms. The lowest BCUT2D eigenvalue weighted by Gasteiger charge is -2.28. The number of allylic oxidation sites excluding steroid dienone is 2. The topological polar surface area (TPSA) is 69.6 Å². The van der Waals surface area contributed by atoms with Crippen molar-refractivity contribution in [1.29, 1.82) is 0 Å². The lowest BCUT2D eigenvalue weighted by Crippen LogP contribution is -2.40. The Kier molecular flexibility index (Phi) is 5.85. The van der Waals surface area contributed by atoms with Crippen molar-refractivity contribution in [3.05, 3.63) is 12.2 Å². The molecular weight excluding hydrogens is 232 g/mol. The Labute approximate surface area is 108 Å². The second-order valence-corrected chi connectivity index (χ2v) is 4.71. The monoisotopic (exact) mass is 254 g/mol. The predicted molar refractivity (Wildman–Crippen MR) is 69.2 cm³/mol. The summed E-state index contributed by atoms with van der Waals surface area (Å²) in [6.07, 6.45) is 5.62. The van der Waals surface area contributed by atoms with Gasteiger partial charge in [0.2, 0.25) is 5.91 Å². The highest BCUT2D eigenvalue weighted by Gasteiger charge is 2.35. The molecule has 2 atom stereocenters. The van der Waals surface area contributed by atoms with Gasteiger partial charge in [-0.2, -0.15) is 0 Å². The summed E-state index contributed by atoms with van der Waals surface area (Å²) in [7, 11) is 3.61. The smallest absolute Gasteiger partial charge is 0.307 e. The third kappa shape index (κ3) is 3.84. The third-order valence-electron chi connectivity index (χ3n) is 3.36. The molecule has 102 valence electrons. The Morgan fingerprint density at radius 1 is 1.33 bits per heavy atom. The van der Waals surface area contributed by atoms with Crippen LogP contribution in [0.2, 0.25) is 0 Å². The standard InChI is InChI=1S/C13H22N2O3/c1-14-8-5-9-15(2)12(16)10-6-3-4-7-11(10)13(17)18/h3-4,10-11,14H,5-9H2,1-2H3,(H,17,18)/t10-,11+/m1/s1. The molecule has 0 radical (unpaired) electrons. The van der Waals surface area contributed by atoms with Crippen molar-refractivity contribution in [2.24, 2.45) is 11.8 Å². The van der Waals surface area contributed by atoms with Gasteiger partial charge < -0.3 is 15.3 Å². The molecular formula is C13H22N2O3. The summed E-state index contributed by atoms with van der Waals surface area (Å²) < 4.78 is 0. The molecule has 1 rings (SSSR count). The van der Waals surface area contributed by atoms with Gasteiger partial charge in [0.05, 0.1) is 11.8 Å². The van der Waals surface area contributed by atoms with Gasteiger partial charge in [0.15, 0.2) is 0 Å². The van der Waals surface area contributed by atoms with Crippen LogP contribution < -0.4 is 5.32 Å². The molecule has 5 nitrogen and oxygen atoms in total. The maximum Gasteiger partial charge on any atom is 0.307 e. The fourth-order valence-corrected chi connectivity index (χ4v) is 2.25.